The fourth-order valence-electron chi connectivity index (χ4n) is 1.09. The lowest BCUT2D eigenvalue weighted by Gasteiger charge is -2.30. The van der Waals surface area contributed by atoms with Crippen molar-refractivity contribution in [1.29, 1.82) is 0 Å². The predicted molar refractivity (Wildman–Crippen MR) is 42.8 cm³/mol. The van der Waals surface area contributed by atoms with Crippen LogP contribution < -0.4 is 10.6 Å². The molecule has 2 N–H and O–H groups in total. The third-order valence-electron chi connectivity index (χ3n) is 1.71. The minimum absolute atomic E-state index is 0.0683. The Hall–Kier alpha value is -0.870. The van der Waals surface area contributed by atoms with Crippen molar-refractivity contribution in [3.63, 3.8) is 0 Å². The predicted octanol–water partition coefficient (Wildman–Crippen LogP) is -0.893. The van der Waals surface area contributed by atoms with E-state index in [4.69, 9.17) is 0 Å². The number of amides is 1. The van der Waals surface area contributed by atoms with Gasteiger partial charge in [0.2, 0.25) is 6.41 Å². The van der Waals surface area contributed by atoms with Crippen LogP contribution in [0.2, 0.25) is 0 Å². The molecule has 1 rings (SSSR count). The second-order valence-electron chi connectivity index (χ2n) is 2.41. The molecule has 0 aromatic rings. The first kappa shape index (κ1) is 8.23. The normalized spacial score (nSPS) is 24.2. The van der Waals surface area contributed by atoms with Gasteiger partial charge >= 0.3 is 0 Å². The molecule has 0 bridgehead atoms. The Morgan fingerprint density at radius 2 is 2.36 bits per heavy atom. The summed E-state index contributed by atoms with van der Waals surface area (Å²) in [5.74, 6) is 0. The highest BCUT2D eigenvalue weighted by atomic mass is 16.1. The Kier molecular flexibility index (Phi) is 3.07. The molecule has 0 saturated carbocycles. The first-order valence-corrected chi connectivity index (χ1v) is 3.68. The van der Waals surface area contributed by atoms with Crippen LogP contribution in [0.5, 0.6) is 0 Å². The van der Waals surface area contributed by atoms with E-state index >= 15 is 0 Å². The van der Waals surface area contributed by atoms with Crippen molar-refractivity contribution in [2.75, 3.05) is 19.6 Å². The molecule has 1 saturated heterocycles. The van der Waals surface area contributed by atoms with E-state index in [-0.39, 0.29) is 6.17 Å². The number of carbonyl (C=O) groups is 1. The molecule has 4 nitrogen and oxygen atoms in total. The quantitative estimate of drug-likeness (QED) is 0.519. The molecule has 1 amide bonds. The van der Waals surface area contributed by atoms with Gasteiger partial charge in [0.15, 0.2) is 0 Å². The third kappa shape index (κ3) is 2.03. The molecule has 1 aliphatic rings. The lowest BCUT2D eigenvalue weighted by Crippen LogP contribution is -2.55. The number of rotatable bonds is 3. The van der Waals surface area contributed by atoms with Crippen molar-refractivity contribution in [2.45, 2.75) is 6.17 Å². The summed E-state index contributed by atoms with van der Waals surface area (Å²) in [6, 6.07) is 0. The molecule has 1 unspecified atom stereocenters. The SMILES string of the molecule is C=CN(C=O)C1CNCCN1. The topological polar surface area (TPSA) is 44.4 Å². The average Bonchev–Trinajstić information content (AvgIpc) is 2.09. The summed E-state index contributed by atoms with van der Waals surface area (Å²) in [6.07, 6.45) is 2.37. The first-order chi connectivity index (χ1) is 5.38. The average molecular weight is 155 g/mol. The largest absolute Gasteiger partial charge is 0.312 e. The minimum atomic E-state index is 0.0683. The lowest BCUT2D eigenvalue weighted by molar-refractivity contribution is -0.118. The van der Waals surface area contributed by atoms with Crippen molar-refractivity contribution in [1.82, 2.24) is 15.5 Å². The Labute approximate surface area is 66.3 Å². The summed E-state index contributed by atoms with van der Waals surface area (Å²) in [5, 5.41) is 6.36. The van der Waals surface area contributed by atoms with Gasteiger partial charge in [-0.25, -0.2) is 0 Å². The molecule has 62 valence electrons. The van der Waals surface area contributed by atoms with Crippen LogP contribution in [0.1, 0.15) is 0 Å². The zero-order valence-corrected chi connectivity index (χ0v) is 6.42. The summed E-state index contributed by atoms with van der Waals surface area (Å²) >= 11 is 0. The van der Waals surface area contributed by atoms with E-state index in [1.54, 1.807) is 0 Å². The molecule has 11 heavy (non-hydrogen) atoms. The molecular formula is C7H13N3O. The Balaban J connectivity index is 2.42. The van der Waals surface area contributed by atoms with E-state index in [2.05, 4.69) is 17.2 Å². The smallest absolute Gasteiger partial charge is 0.215 e. The van der Waals surface area contributed by atoms with Crippen LogP contribution in [-0.4, -0.2) is 37.1 Å². The lowest BCUT2D eigenvalue weighted by atomic mass is 10.3. The fourth-order valence-corrected chi connectivity index (χ4v) is 1.09. The second-order valence-corrected chi connectivity index (χ2v) is 2.41. The van der Waals surface area contributed by atoms with Gasteiger partial charge in [0.25, 0.3) is 0 Å². The number of carbonyl (C=O) groups excluding carboxylic acids is 1. The highest BCUT2D eigenvalue weighted by Gasteiger charge is 2.15. The van der Waals surface area contributed by atoms with Crippen molar-refractivity contribution < 1.29 is 4.79 Å². The van der Waals surface area contributed by atoms with Crippen LogP contribution in [-0.2, 0) is 4.79 Å². The van der Waals surface area contributed by atoms with Crippen LogP contribution in [0.3, 0.4) is 0 Å². The van der Waals surface area contributed by atoms with Gasteiger partial charge in [-0.3, -0.25) is 10.1 Å². The maximum atomic E-state index is 10.4. The standard InChI is InChI=1S/C7H13N3O/c1-2-10(6-11)7-5-8-3-4-9-7/h2,6-9H,1,3-5H2. The van der Waals surface area contributed by atoms with Gasteiger partial charge in [0.05, 0.1) is 6.17 Å². The molecule has 0 aliphatic carbocycles. The maximum absolute atomic E-state index is 10.4. The van der Waals surface area contributed by atoms with Crippen molar-refractivity contribution in [3.8, 4) is 0 Å². The molecule has 1 atom stereocenters. The van der Waals surface area contributed by atoms with Crippen molar-refractivity contribution in [2.24, 2.45) is 0 Å². The maximum Gasteiger partial charge on any atom is 0.215 e. The Morgan fingerprint density at radius 1 is 1.55 bits per heavy atom. The number of nitrogens with zero attached hydrogens (tertiary/aromatic N) is 1. The molecule has 4 heteroatoms. The first-order valence-electron chi connectivity index (χ1n) is 3.68. The van der Waals surface area contributed by atoms with Gasteiger partial charge in [0.1, 0.15) is 0 Å². The van der Waals surface area contributed by atoms with E-state index in [1.807, 2.05) is 0 Å². The highest BCUT2D eigenvalue weighted by molar-refractivity contribution is 5.49. The van der Waals surface area contributed by atoms with Crippen molar-refractivity contribution in [3.05, 3.63) is 12.8 Å². The van der Waals surface area contributed by atoms with Crippen LogP contribution in [0, 0.1) is 0 Å². The molecule has 1 fully saturated rings. The van der Waals surface area contributed by atoms with E-state index < -0.39 is 0 Å². The van der Waals surface area contributed by atoms with E-state index in [0.29, 0.717) is 0 Å². The number of hydrogen-bond acceptors (Lipinski definition) is 3. The molecule has 1 heterocycles. The zero-order chi connectivity index (χ0) is 8.10. The van der Waals surface area contributed by atoms with Gasteiger partial charge in [-0.2, -0.15) is 0 Å². The van der Waals surface area contributed by atoms with Gasteiger partial charge < -0.3 is 10.2 Å². The van der Waals surface area contributed by atoms with Gasteiger partial charge in [0, 0.05) is 25.8 Å². The summed E-state index contributed by atoms with van der Waals surface area (Å²) in [5.41, 5.74) is 0. The van der Waals surface area contributed by atoms with E-state index in [9.17, 15) is 4.79 Å². The zero-order valence-electron chi connectivity index (χ0n) is 6.42. The number of nitrogens with one attached hydrogen (secondary N) is 2. The summed E-state index contributed by atoms with van der Waals surface area (Å²) in [7, 11) is 0. The molecule has 0 aromatic heterocycles. The summed E-state index contributed by atoms with van der Waals surface area (Å²) in [6.45, 7) is 6.17. The second kappa shape index (κ2) is 4.10. The van der Waals surface area contributed by atoms with E-state index in [1.165, 1.54) is 11.1 Å². The monoisotopic (exact) mass is 155 g/mol. The highest BCUT2D eigenvalue weighted by Crippen LogP contribution is 1.94. The molecular weight excluding hydrogens is 142 g/mol. The van der Waals surface area contributed by atoms with Gasteiger partial charge in [-0.15, -0.1) is 0 Å². The molecule has 0 spiro atoms. The number of piperazine rings is 1. The summed E-state index contributed by atoms with van der Waals surface area (Å²) < 4.78 is 0. The van der Waals surface area contributed by atoms with Crippen LogP contribution in [0.4, 0.5) is 0 Å². The Morgan fingerprint density at radius 3 is 2.82 bits per heavy atom. The van der Waals surface area contributed by atoms with Gasteiger partial charge in [-0.1, -0.05) is 6.58 Å². The molecule has 1 aliphatic heterocycles. The Bertz CT molecular complexity index is 135. The number of hydrogen-bond donors (Lipinski definition) is 2. The van der Waals surface area contributed by atoms with Crippen molar-refractivity contribution >= 4 is 6.41 Å². The third-order valence-corrected chi connectivity index (χ3v) is 1.71. The minimum Gasteiger partial charge on any atom is -0.312 e. The fraction of sp³-hybridized carbons (Fsp3) is 0.571. The van der Waals surface area contributed by atoms with Crippen LogP contribution in [0.25, 0.3) is 0 Å². The van der Waals surface area contributed by atoms with Gasteiger partial charge in [-0.05, 0) is 0 Å². The van der Waals surface area contributed by atoms with Crippen LogP contribution in [0.15, 0.2) is 12.8 Å². The molecule has 0 aromatic carbocycles. The van der Waals surface area contributed by atoms with Crippen LogP contribution >= 0.6 is 0 Å². The van der Waals surface area contributed by atoms with E-state index in [0.717, 1.165) is 26.0 Å². The molecule has 0 radical (unpaired) electrons. The summed E-state index contributed by atoms with van der Waals surface area (Å²) in [4.78, 5) is 11.9.